The van der Waals surface area contributed by atoms with Crippen LogP contribution in [-0.4, -0.2) is 75.5 Å². The van der Waals surface area contributed by atoms with Crippen molar-refractivity contribution in [2.24, 2.45) is 0 Å². The summed E-state index contributed by atoms with van der Waals surface area (Å²) >= 11 is 0. The number of esters is 4. The molecule has 0 aliphatic carbocycles. The van der Waals surface area contributed by atoms with Crippen LogP contribution in [0, 0.1) is 0 Å². The van der Waals surface area contributed by atoms with Gasteiger partial charge >= 0.3 is 23.9 Å². The smallest absolute Gasteiger partial charge is 0.323 e. The molecule has 0 amide bonds. The van der Waals surface area contributed by atoms with Crippen molar-refractivity contribution in [3.8, 4) is 0 Å². The van der Waals surface area contributed by atoms with E-state index in [-0.39, 0.29) is 39.3 Å². The highest BCUT2D eigenvalue weighted by molar-refractivity contribution is 5.83. The van der Waals surface area contributed by atoms with Crippen LogP contribution in [-0.2, 0) is 38.1 Å². The summed E-state index contributed by atoms with van der Waals surface area (Å²) in [5.74, 6) is -1.94. The average Bonchev–Trinajstić information content (AvgIpc) is 2.69. The summed E-state index contributed by atoms with van der Waals surface area (Å²) in [5.41, 5.74) is 0. The molecular weight excluding hydrogens is 396 g/mol. The fraction of sp³-hybridized carbons (Fsp3) is 0.800. The standard InChI is InChI=1S/C20H36N2O8/c1-5-27-17(23)13-15(19(25)29-7-3)21-11-9-10-12-22-16(20(26)30-8-4)14-18(24)28-6-2/h15-16,21-22H,5-14H2,1-4H3/t15-,16-/m0/s1. The molecular formula is C20H36N2O8. The minimum Gasteiger partial charge on any atom is -0.466 e. The Balaban J connectivity index is 4.41. The quantitative estimate of drug-likeness (QED) is 0.193. The number of carbonyl (C=O) groups is 4. The summed E-state index contributed by atoms with van der Waals surface area (Å²) in [7, 11) is 0. The summed E-state index contributed by atoms with van der Waals surface area (Å²) in [4.78, 5) is 47.3. The van der Waals surface area contributed by atoms with E-state index < -0.39 is 36.0 Å². The van der Waals surface area contributed by atoms with Gasteiger partial charge in [-0.3, -0.25) is 19.2 Å². The summed E-state index contributed by atoms with van der Waals surface area (Å²) in [6.07, 6.45) is 1.13. The minimum atomic E-state index is -0.770. The molecule has 0 aliphatic rings. The minimum absolute atomic E-state index is 0.102. The molecule has 10 nitrogen and oxygen atoms in total. The Morgan fingerprint density at radius 1 is 0.600 bits per heavy atom. The maximum Gasteiger partial charge on any atom is 0.323 e. The van der Waals surface area contributed by atoms with Crippen LogP contribution in [0.4, 0.5) is 0 Å². The third-order valence-corrected chi connectivity index (χ3v) is 3.88. The Morgan fingerprint density at radius 3 is 1.23 bits per heavy atom. The molecule has 0 aliphatic heterocycles. The summed E-state index contributed by atoms with van der Waals surface area (Å²) in [5, 5.41) is 6.01. The molecule has 10 heteroatoms. The van der Waals surface area contributed by atoms with Gasteiger partial charge in [-0.2, -0.15) is 0 Å². The van der Waals surface area contributed by atoms with Gasteiger partial charge in [0.1, 0.15) is 12.1 Å². The Hall–Kier alpha value is -2.20. The summed E-state index contributed by atoms with van der Waals surface area (Å²) in [6, 6.07) is -1.54. The summed E-state index contributed by atoms with van der Waals surface area (Å²) in [6.45, 7) is 8.65. The molecule has 0 aromatic carbocycles. The molecule has 0 aromatic heterocycles. The average molecular weight is 433 g/mol. The highest BCUT2D eigenvalue weighted by Crippen LogP contribution is 2.02. The summed E-state index contributed by atoms with van der Waals surface area (Å²) < 4.78 is 19.7. The van der Waals surface area contributed by atoms with E-state index in [1.54, 1.807) is 27.7 Å². The number of unbranched alkanes of at least 4 members (excludes halogenated alkanes) is 1. The molecule has 0 saturated heterocycles. The topological polar surface area (TPSA) is 129 Å². The lowest BCUT2D eigenvalue weighted by Crippen LogP contribution is -2.42. The molecule has 0 radical (unpaired) electrons. The molecule has 2 atom stereocenters. The van der Waals surface area contributed by atoms with Gasteiger partial charge in [-0.05, 0) is 53.6 Å². The second-order valence-corrected chi connectivity index (χ2v) is 6.24. The van der Waals surface area contributed by atoms with Crippen LogP contribution >= 0.6 is 0 Å². The van der Waals surface area contributed by atoms with Gasteiger partial charge in [0.15, 0.2) is 0 Å². The van der Waals surface area contributed by atoms with Crippen LogP contribution in [0.2, 0.25) is 0 Å². The molecule has 0 aromatic rings. The molecule has 0 heterocycles. The fourth-order valence-corrected chi connectivity index (χ4v) is 2.54. The van der Waals surface area contributed by atoms with Crippen LogP contribution < -0.4 is 10.6 Å². The van der Waals surface area contributed by atoms with Crippen LogP contribution in [0.1, 0.15) is 53.4 Å². The van der Waals surface area contributed by atoms with E-state index in [2.05, 4.69) is 10.6 Å². The first-order chi connectivity index (χ1) is 14.4. The second kappa shape index (κ2) is 17.6. The predicted molar refractivity (Wildman–Crippen MR) is 109 cm³/mol. The lowest BCUT2D eigenvalue weighted by atomic mass is 10.2. The van der Waals surface area contributed by atoms with Gasteiger partial charge in [0, 0.05) is 0 Å². The van der Waals surface area contributed by atoms with Crippen molar-refractivity contribution < 1.29 is 38.1 Å². The number of hydrogen-bond acceptors (Lipinski definition) is 10. The third kappa shape index (κ3) is 13.1. The van der Waals surface area contributed by atoms with E-state index in [1.165, 1.54) is 0 Å². The van der Waals surface area contributed by atoms with Crippen LogP contribution in [0.15, 0.2) is 0 Å². The van der Waals surface area contributed by atoms with Gasteiger partial charge in [-0.15, -0.1) is 0 Å². The lowest BCUT2D eigenvalue weighted by molar-refractivity contribution is -0.152. The van der Waals surface area contributed by atoms with Crippen LogP contribution in [0.3, 0.4) is 0 Å². The maximum absolute atomic E-state index is 12.0. The number of rotatable bonds is 17. The highest BCUT2D eigenvalue weighted by atomic mass is 16.5. The van der Waals surface area contributed by atoms with Gasteiger partial charge in [-0.25, -0.2) is 0 Å². The van der Waals surface area contributed by atoms with Crippen molar-refractivity contribution in [1.82, 2.24) is 10.6 Å². The molecule has 0 unspecified atom stereocenters. The molecule has 0 fully saturated rings. The Labute approximate surface area is 178 Å². The fourth-order valence-electron chi connectivity index (χ4n) is 2.54. The molecule has 0 rings (SSSR count). The molecule has 2 N–H and O–H groups in total. The van der Waals surface area contributed by atoms with E-state index in [9.17, 15) is 19.2 Å². The maximum atomic E-state index is 12.0. The molecule has 0 spiro atoms. The Morgan fingerprint density at radius 2 is 0.933 bits per heavy atom. The zero-order chi connectivity index (χ0) is 22.8. The number of ether oxygens (including phenoxy) is 4. The van der Waals surface area contributed by atoms with E-state index in [4.69, 9.17) is 18.9 Å². The largest absolute Gasteiger partial charge is 0.466 e. The van der Waals surface area contributed by atoms with E-state index >= 15 is 0 Å². The zero-order valence-electron chi connectivity index (χ0n) is 18.5. The van der Waals surface area contributed by atoms with Gasteiger partial charge in [0.2, 0.25) is 0 Å². The molecule has 30 heavy (non-hydrogen) atoms. The second-order valence-electron chi connectivity index (χ2n) is 6.24. The van der Waals surface area contributed by atoms with E-state index in [1.807, 2.05) is 0 Å². The first kappa shape index (κ1) is 27.8. The predicted octanol–water partition coefficient (Wildman–Crippen LogP) is 0.716. The number of nitrogens with one attached hydrogen (secondary N) is 2. The van der Waals surface area contributed by atoms with Gasteiger partial charge in [-0.1, -0.05) is 0 Å². The SMILES string of the molecule is CCOC(=O)C[C@H](NCCCCN[C@@H](CC(=O)OCC)C(=O)OCC)C(=O)OCC. The molecule has 0 bridgehead atoms. The molecule has 174 valence electrons. The van der Waals surface area contributed by atoms with Crippen molar-refractivity contribution in [1.29, 1.82) is 0 Å². The van der Waals surface area contributed by atoms with Gasteiger partial charge in [0.05, 0.1) is 39.3 Å². The number of carbonyl (C=O) groups excluding carboxylic acids is 4. The zero-order valence-corrected chi connectivity index (χ0v) is 18.5. The van der Waals surface area contributed by atoms with E-state index in [0.717, 1.165) is 0 Å². The normalized spacial score (nSPS) is 12.5. The Bertz CT molecular complexity index is 481. The first-order valence-electron chi connectivity index (χ1n) is 10.5. The lowest BCUT2D eigenvalue weighted by Gasteiger charge is -2.18. The van der Waals surface area contributed by atoms with Crippen molar-refractivity contribution in [3.63, 3.8) is 0 Å². The van der Waals surface area contributed by atoms with E-state index in [0.29, 0.717) is 25.9 Å². The van der Waals surface area contributed by atoms with Crippen molar-refractivity contribution in [3.05, 3.63) is 0 Å². The van der Waals surface area contributed by atoms with Crippen molar-refractivity contribution in [2.45, 2.75) is 65.5 Å². The number of hydrogen-bond donors (Lipinski definition) is 2. The van der Waals surface area contributed by atoms with Crippen LogP contribution in [0.25, 0.3) is 0 Å². The van der Waals surface area contributed by atoms with Crippen LogP contribution in [0.5, 0.6) is 0 Å². The Kier molecular flexibility index (Phi) is 16.3. The van der Waals surface area contributed by atoms with Gasteiger partial charge < -0.3 is 29.6 Å². The highest BCUT2D eigenvalue weighted by Gasteiger charge is 2.24. The van der Waals surface area contributed by atoms with Crippen molar-refractivity contribution >= 4 is 23.9 Å². The first-order valence-corrected chi connectivity index (χ1v) is 10.5. The third-order valence-electron chi connectivity index (χ3n) is 3.88. The monoisotopic (exact) mass is 432 g/mol. The van der Waals surface area contributed by atoms with Crippen molar-refractivity contribution in [2.75, 3.05) is 39.5 Å². The van der Waals surface area contributed by atoms with Gasteiger partial charge in [0.25, 0.3) is 0 Å². The molecule has 0 saturated carbocycles.